The molecule has 0 saturated heterocycles. The molecule has 2 atom stereocenters. The fourth-order valence-corrected chi connectivity index (χ4v) is 0.587. The van der Waals surface area contributed by atoms with Gasteiger partial charge in [-0.25, -0.2) is 5.23 Å². The first-order chi connectivity index (χ1) is 3.13. The first-order valence-corrected chi connectivity index (χ1v) is 3.19. The van der Waals surface area contributed by atoms with Crippen LogP contribution in [0.4, 0.5) is 0 Å². The molecule has 0 aliphatic rings. The van der Waals surface area contributed by atoms with Crippen molar-refractivity contribution in [3.63, 3.8) is 0 Å². The van der Waals surface area contributed by atoms with Crippen molar-refractivity contribution in [3.8, 4) is 0 Å². The lowest BCUT2D eigenvalue weighted by atomic mass is 10.9. The summed E-state index contributed by atoms with van der Waals surface area (Å²) >= 11 is 2.01. The highest BCUT2D eigenvalue weighted by Crippen LogP contribution is 1.93. The molecule has 0 saturated carbocycles. The summed E-state index contributed by atoms with van der Waals surface area (Å²) < 4.78 is -0.00454. The summed E-state index contributed by atoms with van der Waals surface area (Å²) in [5.41, 5.74) is 0. The smallest absolute Gasteiger partial charge is 0.165 e. The van der Waals surface area contributed by atoms with Gasteiger partial charge in [0.15, 0.2) is 4.11 Å². The summed E-state index contributed by atoms with van der Waals surface area (Å²) in [6.45, 7) is 1.81. The van der Waals surface area contributed by atoms with Gasteiger partial charge in [0.05, 0.1) is 7.05 Å². The molecule has 44 valence electrons. The molecular formula is C3H8INO2. The van der Waals surface area contributed by atoms with Crippen molar-refractivity contribution in [2.24, 2.45) is 0 Å². The van der Waals surface area contributed by atoms with E-state index < -0.39 is 0 Å². The largest absolute Gasteiger partial charge is 0.600 e. The Balaban J connectivity index is 2.95. The average molecular weight is 217 g/mol. The van der Waals surface area contributed by atoms with Crippen LogP contribution in [0, 0.1) is 5.21 Å². The minimum atomic E-state index is -0.220. The second-order valence-electron chi connectivity index (χ2n) is 1.15. The average Bonchev–Trinajstić information content (AvgIpc) is 1.27. The molecule has 0 bridgehead atoms. The second-order valence-corrected chi connectivity index (χ2v) is 2.91. The van der Waals surface area contributed by atoms with Gasteiger partial charge >= 0.3 is 0 Å². The molecule has 7 heavy (non-hydrogen) atoms. The molecule has 0 aliphatic carbocycles. The van der Waals surface area contributed by atoms with E-state index in [1.54, 1.807) is 0 Å². The second kappa shape index (κ2) is 3.59. The summed E-state index contributed by atoms with van der Waals surface area (Å²) in [4.78, 5) is 4.60. The maximum Gasteiger partial charge on any atom is 0.165 e. The lowest BCUT2D eigenvalue weighted by Crippen LogP contribution is -3.03. The van der Waals surface area contributed by atoms with Crippen LogP contribution in [0.2, 0.25) is 0 Å². The molecule has 0 spiro atoms. The highest BCUT2D eigenvalue weighted by Gasteiger charge is 1.94. The van der Waals surface area contributed by atoms with E-state index in [-0.39, 0.29) is 9.34 Å². The molecule has 0 radical (unpaired) electrons. The zero-order valence-corrected chi connectivity index (χ0v) is 6.43. The molecule has 0 rings (SSSR count). The molecule has 0 aliphatic heterocycles. The lowest BCUT2D eigenvalue weighted by Gasteiger charge is -2.14. The highest BCUT2D eigenvalue weighted by atomic mass is 127. The van der Waals surface area contributed by atoms with Gasteiger partial charge in [0, 0.05) is 0 Å². The number of rotatable bonds is 2. The van der Waals surface area contributed by atoms with Crippen LogP contribution < -0.4 is 5.23 Å². The van der Waals surface area contributed by atoms with E-state index in [0.29, 0.717) is 0 Å². The van der Waals surface area contributed by atoms with Crippen molar-refractivity contribution >= 4 is 22.6 Å². The van der Waals surface area contributed by atoms with E-state index >= 15 is 0 Å². The summed E-state index contributed by atoms with van der Waals surface area (Å²) in [5.74, 6) is 0. The fraction of sp³-hybridized carbons (Fsp3) is 1.00. The summed E-state index contributed by atoms with van der Waals surface area (Å²) in [6.07, 6.45) is 0. The molecule has 1 N–H and O–H groups in total. The topological polar surface area (TPSA) is 36.7 Å². The van der Waals surface area contributed by atoms with Crippen LogP contribution >= 0.6 is 22.6 Å². The zero-order valence-electron chi connectivity index (χ0n) is 4.27. The van der Waals surface area contributed by atoms with Gasteiger partial charge in [-0.3, -0.25) is 0 Å². The third kappa shape index (κ3) is 6.61. The van der Waals surface area contributed by atoms with Gasteiger partial charge in [-0.15, -0.1) is 0 Å². The third-order valence-corrected chi connectivity index (χ3v) is 0.583. The van der Waals surface area contributed by atoms with E-state index in [4.69, 9.17) is 0 Å². The Morgan fingerprint density at radius 2 is 2.29 bits per heavy atom. The van der Waals surface area contributed by atoms with Crippen LogP contribution in [0.25, 0.3) is 0 Å². The van der Waals surface area contributed by atoms with Crippen molar-refractivity contribution in [3.05, 3.63) is 5.21 Å². The number of halogens is 1. The maximum absolute atomic E-state index is 10.0. The maximum atomic E-state index is 10.0. The van der Waals surface area contributed by atoms with Crippen LogP contribution in [0.3, 0.4) is 0 Å². The van der Waals surface area contributed by atoms with Crippen molar-refractivity contribution < 1.29 is 10.1 Å². The predicted molar refractivity (Wildman–Crippen MR) is 34.8 cm³/mol. The molecule has 0 amide bonds. The van der Waals surface area contributed by atoms with Gasteiger partial charge in [-0.05, 0) is 29.5 Å². The first-order valence-electron chi connectivity index (χ1n) is 1.94. The van der Waals surface area contributed by atoms with Gasteiger partial charge in [0.2, 0.25) is 0 Å². The third-order valence-electron chi connectivity index (χ3n) is 0.328. The first kappa shape index (κ1) is 7.61. The van der Waals surface area contributed by atoms with Gasteiger partial charge in [-0.1, -0.05) is 0 Å². The summed E-state index contributed by atoms with van der Waals surface area (Å²) in [6, 6.07) is 0. The summed E-state index contributed by atoms with van der Waals surface area (Å²) in [5, 5.41) is 9.81. The highest BCUT2D eigenvalue weighted by molar-refractivity contribution is 14.1. The Morgan fingerprint density at radius 3 is 2.29 bits per heavy atom. The van der Waals surface area contributed by atoms with Crippen LogP contribution in [-0.2, 0) is 4.84 Å². The number of alkyl halides is 1. The van der Waals surface area contributed by atoms with Crippen molar-refractivity contribution in [1.29, 1.82) is 0 Å². The standard InChI is InChI=1S/C3H8INO2/c1-3(4)7-5(2)6/h3,5H,1-2H3/t3-/m0/s1. The molecule has 0 fully saturated rings. The van der Waals surface area contributed by atoms with E-state index in [1.807, 2.05) is 29.5 Å². The van der Waals surface area contributed by atoms with E-state index in [0.717, 1.165) is 0 Å². The fourth-order valence-electron chi connectivity index (χ4n) is 0.229. The number of hydrogen-bond acceptors (Lipinski definition) is 2. The quantitative estimate of drug-likeness (QED) is 0.392. The molecule has 1 unspecified atom stereocenters. The number of hydroxylamine groups is 2. The summed E-state index contributed by atoms with van der Waals surface area (Å²) in [7, 11) is 1.40. The Bertz CT molecular complexity index is 42.2. The molecule has 0 aromatic rings. The van der Waals surface area contributed by atoms with E-state index in [1.165, 1.54) is 7.05 Å². The van der Waals surface area contributed by atoms with Crippen LogP contribution in [0.1, 0.15) is 6.92 Å². The van der Waals surface area contributed by atoms with Crippen molar-refractivity contribution in [2.75, 3.05) is 7.05 Å². The minimum Gasteiger partial charge on any atom is -0.600 e. The normalized spacial score (nSPS) is 18.9. The van der Waals surface area contributed by atoms with Crippen molar-refractivity contribution in [1.82, 2.24) is 0 Å². The Labute approximate surface area is 56.3 Å². The van der Waals surface area contributed by atoms with Gasteiger partial charge in [0.1, 0.15) is 0 Å². The van der Waals surface area contributed by atoms with Gasteiger partial charge in [0.25, 0.3) is 0 Å². The molecular weight excluding hydrogens is 209 g/mol. The zero-order chi connectivity index (χ0) is 5.86. The van der Waals surface area contributed by atoms with E-state index in [9.17, 15) is 5.21 Å². The molecule has 0 aromatic heterocycles. The van der Waals surface area contributed by atoms with Crippen LogP contribution in [-0.4, -0.2) is 11.2 Å². The minimum absolute atomic E-state index is 0.00454. The van der Waals surface area contributed by atoms with Crippen LogP contribution in [0.15, 0.2) is 0 Å². The molecule has 0 heterocycles. The number of quaternary nitrogens is 1. The Kier molecular flexibility index (Phi) is 3.91. The SMILES string of the molecule is C[C@@H](I)O[NH+](C)[O-]. The van der Waals surface area contributed by atoms with E-state index in [2.05, 4.69) is 4.84 Å². The van der Waals surface area contributed by atoms with Crippen molar-refractivity contribution in [2.45, 2.75) is 11.0 Å². The lowest BCUT2D eigenvalue weighted by molar-refractivity contribution is -1.04. The van der Waals surface area contributed by atoms with Crippen LogP contribution in [0.5, 0.6) is 0 Å². The Hall–Kier alpha value is 0.610. The number of hydrogen-bond donors (Lipinski definition) is 1. The molecule has 3 nitrogen and oxygen atoms in total. The predicted octanol–water partition coefficient (Wildman–Crippen LogP) is -0.288. The van der Waals surface area contributed by atoms with Gasteiger partial charge in [-0.2, -0.15) is 4.84 Å². The Morgan fingerprint density at radius 1 is 1.86 bits per heavy atom. The van der Waals surface area contributed by atoms with Gasteiger partial charge < -0.3 is 5.21 Å². The monoisotopic (exact) mass is 217 g/mol. The molecule has 0 aromatic carbocycles. The molecule has 4 heteroatoms. The number of nitrogens with one attached hydrogen (secondary N) is 1.